The molecule has 13 heteroatoms. The quantitative estimate of drug-likeness (QED) is 0.0367. The minimum atomic E-state index is -0.800. The monoisotopic (exact) mass is 933 g/mol. The number of benzene rings is 4. The van der Waals surface area contributed by atoms with Gasteiger partial charge < -0.3 is 29.0 Å². The smallest absolute Gasteiger partial charge is 0.657 e. The number of methoxy groups -OCH3 is 4. The fraction of sp³-hybridized carbons (Fsp3) is 0.0741. The van der Waals surface area contributed by atoms with Gasteiger partial charge in [-0.3, -0.25) is 14.2 Å². The van der Waals surface area contributed by atoms with E-state index in [9.17, 15) is 19.5 Å². The van der Waals surface area contributed by atoms with Crippen molar-refractivity contribution in [2.24, 2.45) is 0 Å². The van der Waals surface area contributed by atoms with Gasteiger partial charge >= 0.3 is 28.7 Å². The minimum Gasteiger partial charge on any atom is -0.657 e. The number of aliphatic hydroxyl groups is 1. The molecule has 0 saturated carbocycles. The molecule has 0 spiro atoms. The van der Waals surface area contributed by atoms with E-state index in [2.05, 4.69) is 33.7 Å². The van der Waals surface area contributed by atoms with Gasteiger partial charge in [0.15, 0.2) is 11.9 Å². The molecule has 5 heterocycles. The van der Waals surface area contributed by atoms with Gasteiger partial charge in [-0.25, -0.2) is 14.8 Å². The zero-order chi connectivity index (χ0) is 46.2. The van der Waals surface area contributed by atoms with Gasteiger partial charge in [-0.05, 0) is 69.8 Å². The molecule has 9 rings (SSSR count). The van der Waals surface area contributed by atoms with E-state index in [1.165, 1.54) is 28.4 Å². The van der Waals surface area contributed by atoms with Crippen molar-refractivity contribution in [3.63, 3.8) is 0 Å². The maximum absolute atomic E-state index is 13.9. The number of hydrogen-bond acceptors (Lipinski definition) is 10. The molecular weight excluding hydrogens is 892 g/mol. The molecule has 2 aliphatic heterocycles. The van der Waals surface area contributed by atoms with Gasteiger partial charge in [0.05, 0.1) is 62.2 Å². The zero-order valence-electron chi connectivity index (χ0n) is 36.7. The second-order valence-electron chi connectivity index (χ2n) is 14.6. The van der Waals surface area contributed by atoms with Crippen LogP contribution >= 0.6 is 0 Å². The summed E-state index contributed by atoms with van der Waals surface area (Å²) in [5, 5.41) is 11.5. The Kier molecular flexibility index (Phi) is 14.7. The van der Waals surface area contributed by atoms with Crippen LogP contribution in [-0.2, 0) is 50.1 Å². The van der Waals surface area contributed by atoms with Gasteiger partial charge in [0.2, 0.25) is 5.70 Å². The molecule has 334 valence electrons. The molecule has 0 saturated heterocycles. The first-order valence-electron chi connectivity index (χ1n) is 20.7. The second kappa shape index (κ2) is 21.1. The van der Waals surface area contributed by atoms with E-state index >= 15 is 0 Å². The van der Waals surface area contributed by atoms with Gasteiger partial charge in [0.1, 0.15) is 0 Å². The largest absolute Gasteiger partial charge is 3.00 e. The number of esters is 3. The third-order valence-corrected chi connectivity index (χ3v) is 10.7. The number of hydrogen-bond donors (Lipinski definition) is 1. The molecular formula is C54H42CoN4O8+. The molecule has 3 aromatic heterocycles. The van der Waals surface area contributed by atoms with Crippen LogP contribution in [0.5, 0.6) is 0 Å². The molecule has 12 nitrogen and oxygen atoms in total. The number of carbonyl (C=O) groups excluding carboxylic acids is 3. The maximum atomic E-state index is 13.9. The summed E-state index contributed by atoms with van der Waals surface area (Å²) in [7, 11) is 4.95. The van der Waals surface area contributed by atoms with Crippen LogP contribution in [0.25, 0.3) is 96.6 Å². The van der Waals surface area contributed by atoms with Crippen molar-refractivity contribution in [2.75, 3.05) is 28.4 Å². The van der Waals surface area contributed by atoms with Crippen molar-refractivity contribution in [3.8, 4) is 44.5 Å². The first kappa shape index (κ1) is 46.6. The standard InChI is InChI=1S/C49H36N4O4.C5H7O4.Co/c1-56-48(54)47(49(55)57-2)53-41-29-30-42(53)46(34-21-13-6-14-22-34)40-28-26-38(52-40)44(32-17-9-4-10-18-32)36-24-23-35(50-36)43(31-15-7-3-8-16-31)37-25-27-39(51-37)45(41)33-19-11-5-12-20-33;1-8-4(6)3-5(7)9-2;/h3-30H,1-2H3,(H2,50,51,52,54,55);3H,1-2H3;/q;-1;+3/p-1. The number of fused-ring (bicyclic) bond motifs is 8. The number of carbonyl (C=O) groups is 3. The van der Waals surface area contributed by atoms with Crippen LogP contribution in [0, 0.1) is 6.42 Å². The van der Waals surface area contributed by atoms with Crippen molar-refractivity contribution >= 4 is 70.0 Å². The SMILES string of the molecule is COC(=O)/C(=C(/O)OC)n1c2ccc1c(-c1ccccc1)c1nc(c(-c3ccccc3)c3ccc([n-]3)c(-c3ccccc3)c3nc(c2-c2ccccc2)C=C3)C=C1.COC(=O)[CH-]C(=O)OC.[Co+3]. The zero-order valence-corrected chi connectivity index (χ0v) is 37.7. The summed E-state index contributed by atoms with van der Waals surface area (Å²) in [4.78, 5) is 50.3. The molecule has 7 aromatic rings. The molecule has 0 atom stereocenters. The number of rotatable bonds is 9. The molecule has 67 heavy (non-hydrogen) atoms. The van der Waals surface area contributed by atoms with Gasteiger partial charge in [-0.15, -0.1) is 11.0 Å². The summed E-state index contributed by atoms with van der Waals surface area (Å²) < 4.78 is 20.7. The topological polar surface area (TPSA) is 153 Å². The minimum absolute atomic E-state index is 0. The van der Waals surface area contributed by atoms with E-state index in [1.54, 1.807) is 4.57 Å². The summed E-state index contributed by atoms with van der Waals surface area (Å²) >= 11 is 0. The first-order valence-corrected chi connectivity index (χ1v) is 20.7. The molecule has 0 radical (unpaired) electrons. The Morgan fingerprint density at radius 1 is 0.478 bits per heavy atom. The molecule has 0 aliphatic carbocycles. The van der Waals surface area contributed by atoms with Crippen molar-refractivity contribution in [1.82, 2.24) is 19.5 Å². The van der Waals surface area contributed by atoms with Crippen LogP contribution in [0.1, 0.15) is 22.8 Å². The summed E-state index contributed by atoms with van der Waals surface area (Å²) in [5.41, 5.74) is 11.9. The van der Waals surface area contributed by atoms with Gasteiger partial charge in [0.25, 0.3) is 0 Å². The second-order valence-corrected chi connectivity index (χ2v) is 14.6. The predicted octanol–water partition coefficient (Wildman–Crippen LogP) is 10.5. The Labute approximate surface area is 396 Å². The molecule has 0 amide bonds. The third-order valence-electron chi connectivity index (χ3n) is 10.7. The predicted molar refractivity (Wildman–Crippen MR) is 256 cm³/mol. The molecule has 0 unspecified atom stereocenters. The molecule has 2 aliphatic rings. The number of aliphatic hydroxyl groups excluding tert-OH is 1. The normalized spacial score (nSPS) is 11.5. The number of nitrogens with zero attached hydrogens (tertiary/aromatic N) is 4. The fourth-order valence-electron chi connectivity index (χ4n) is 7.80. The van der Waals surface area contributed by atoms with E-state index in [1.807, 2.05) is 146 Å². The number of ether oxygens (including phenoxy) is 4. The average Bonchev–Trinajstić information content (AvgIpc) is 4.21. The van der Waals surface area contributed by atoms with Crippen LogP contribution in [0.3, 0.4) is 0 Å². The van der Waals surface area contributed by atoms with Crippen molar-refractivity contribution < 1.29 is 55.2 Å². The number of aromatic nitrogens is 4. The molecule has 1 N–H and O–H groups in total. The van der Waals surface area contributed by atoms with Gasteiger partial charge in [-0.2, -0.15) is 6.42 Å². The van der Waals surface area contributed by atoms with E-state index in [0.29, 0.717) is 33.5 Å². The Bertz CT molecular complexity index is 3020. The van der Waals surface area contributed by atoms with E-state index in [0.717, 1.165) is 62.2 Å². The van der Waals surface area contributed by atoms with Crippen LogP contribution < -0.4 is 4.98 Å². The van der Waals surface area contributed by atoms with Crippen LogP contribution in [0.2, 0.25) is 0 Å². The summed E-state index contributed by atoms with van der Waals surface area (Å²) in [6, 6.07) is 47.9. The van der Waals surface area contributed by atoms with E-state index in [4.69, 9.17) is 24.4 Å². The van der Waals surface area contributed by atoms with Crippen LogP contribution in [0.4, 0.5) is 0 Å². The maximum Gasteiger partial charge on any atom is 3.00 e. The Morgan fingerprint density at radius 2 is 0.821 bits per heavy atom. The molecule has 0 fully saturated rings. The van der Waals surface area contributed by atoms with Crippen molar-refractivity contribution in [1.29, 1.82) is 0 Å². The third kappa shape index (κ3) is 9.69. The van der Waals surface area contributed by atoms with Crippen LogP contribution in [0.15, 0.2) is 152 Å². The van der Waals surface area contributed by atoms with E-state index < -0.39 is 23.9 Å². The van der Waals surface area contributed by atoms with Crippen molar-refractivity contribution in [3.05, 3.63) is 181 Å². The summed E-state index contributed by atoms with van der Waals surface area (Å²) in [5.74, 6) is -2.83. The Hall–Kier alpha value is -8.39. The molecule has 4 aromatic carbocycles. The summed E-state index contributed by atoms with van der Waals surface area (Å²) in [6.07, 6.45) is 8.67. The Balaban J connectivity index is 0.000000606. The Morgan fingerprint density at radius 3 is 1.15 bits per heavy atom. The van der Waals surface area contributed by atoms with Crippen LogP contribution in [-0.4, -0.2) is 66.0 Å². The van der Waals surface area contributed by atoms with Crippen molar-refractivity contribution in [2.45, 2.75) is 0 Å². The van der Waals surface area contributed by atoms with Gasteiger partial charge in [-0.1, -0.05) is 133 Å². The summed E-state index contributed by atoms with van der Waals surface area (Å²) in [6.45, 7) is 0. The molecule has 8 bridgehead atoms. The average molecular weight is 934 g/mol. The van der Waals surface area contributed by atoms with E-state index in [-0.39, 0.29) is 22.5 Å². The fourth-order valence-corrected chi connectivity index (χ4v) is 7.80. The van der Waals surface area contributed by atoms with Gasteiger partial charge in [0, 0.05) is 11.1 Å². The first-order chi connectivity index (χ1) is 32.2.